The summed E-state index contributed by atoms with van der Waals surface area (Å²) >= 11 is 0. The second-order valence-corrected chi connectivity index (χ2v) is 7.61. The lowest BCUT2D eigenvalue weighted by Gasteiger charge is -2.16. The van der Waals surface area contributed by atoms with Gasteiger partial charge in [-0.3, -0.25) is 9.59 Å². The molecule has 0 aliphatic carbocycles. The van der Waals surface area contributed by atoms with E-state index in [9.17, 15) is 9.59 Å². The summed E-state index contributed by atoms with van der Waals surface area (Å²) in [6.07, 6.45) is 1.09. The fourth-order valence-electron chi connectivity index (χ4n) is 3.14. The minimum Gasteiger partial charge on any atom is -0.322 e. The van der Waals surface area contributed by atoms with Crippen LogP contribution in [0.2, 0.25) is 0 Å². The zero-order chi connectivity index (χ0) is 20.7. The molecule has 2 atom stereocenters. The highest BCUT2D eigenvalue weighted by Crippen LogP contribution is 2.20. The second kappa shape index (κ2) is 10.0. The van der Waals surface area contributed by atoms with E-state index in [1.807, 2.05) is 51.2 Å². The Hall–Kier alpha value is -2.66. The Bertz CT molecular complexity index is 795. The van der Waals surface area contributed by atoms with Gasteiger partial charge in [-0.15, -0.1) is 0 Å². The molecule has 0 saturated heterocycles. The van der Waals surface area contributed by atoms with Gasteiger partial charge in [0.25, 0.3) is 11.8 Å². The van der Waals surface area contributed by atoms with Crippen molar-refractivity contribution in [2.75, 3.05) is 30.8 Å². The van der Waals surface area contributed by atoms with Crippen molar-refractivity contribution in [3.8, 4) is 0 Å². The zero-order valence-corrected chi connectivity index (χ0v) is 17.6. The van der Waals surface area contributed by atoms with Crippen LogP contribution in [0.3, 0.4) is 0 Å². The molecule has 0 aliphatic rings. The molecule has 2 rings (SSSR count). The highest BCUT2D eigenvalue weighted by molar-refractivity contribution is 5.94. The van der Waals surface area contributed by atoms with Gasteiger partial charge in [0.15, 0.2) is 13.1 Å². The van der Waals surface area contributed by atoms with E-state index in [1.54, 1.807) is 0 Å². The monoisotopic (exact) mass is 382 g/mol. The van der Waals surface area contributed by atoms with Gasteiger partial charge in [-0.2, -0.15) is 0 Å². The van der Waals surface area contributed by atoms with Crippen molar-refractivity contribution in [3.63, 3.8) is 0 Å². The number of benzene rings is 2. The Morgan fingerprint density at radius 3 is 2.00 bits per heavy atom. The third kappa shape index (κ3) is 6.20. The molecule has 28 heavy (non-hydrogen) atoms. The molecular weight excluding hydrogens is 350 g/mol. The third-order valence-corrected chi connectivity index (χ3v) is 5.05. The Balaban J connectivity index is 1.84. The molecule has 5 heteroatoms. The summed E-state index contributed by atoms with van der Waals surface area (Å²) in [5.74, 6) is 0.310. The first-order valence-corrected chi connectivity index (χ1v) is 9.87. The second-order valence-electron chi connectivity index (χ2n) is 7.61. The maximum atomic E-state index is 12.3. The predicted molar refractivity (Wildman–Crippen MR) is 115 cm³/mol. The number of nitrogens with one attached hydrogen (secondary N) is 3. The molecule has 0 saturated carbocycles. The number of rotatable bonds is 8. The van der Waals surface area contributed by atoms with Crippen molar-refractivity contribution in [3.05, 3.63) is 59.2 Å². The van der Waals surface area contributed by atoms with E-state index in [0.717, 1.165) is 33.8 Å². The number of quaternary nitrogens is 1. The maximum Gasteiger partial charge on any atom is 0.279 e. The number of hydrogen-bond acceptors (Lipinski definition) is 2. The molecule has 2 amide bonds. The summed E-state index contributed by atoms with van der Waals surface area (Å²) in [5, 5.41) is 5.87. The zero-order valence-electron chi connectivity index (χ0n) is 17.6. The Morgan fingerprint density at radius 1 is 0.929 bits per heavy atom. The van der Waals surface area contributed by atoms with Gasteiger partial charge >= 0.3 is 0 Å². The third-order valence-electron chi connectivity index (χ3n) is 5.05. The highest BCUT2D eigenvalue weighted by Gasteiger charge is 2.16. The fourth-order valence-corrected chi connectivity index (χ4v) is 3.14. The van der Waals surface area contributed by atoms with Gasteiger partial charge in [-0.05, 0) is 55.0 Å². The molecular formula is C23H32N3O2+. The molecule has 0 aromatic heterocycles. The van der Waals surface area contributed by atoms with E-state index in [2.05, 4.69) is 36.6 Å². The lowest BCUT2D eigenvalue weighted by molar-refractivity contribution is -0.862. The van der Waals surface area contributed by atoms with Crippen LogP contribution in [0.4, 0.5) is 11.4 Å². The smallest absolute Gasteiger partial charge is 0.279 e. The number of carbonyl (C=O) groups excluding carboxylic acids is 2. The van der Waals surface area contributed by atoms with Crippen molar-refractivity contribution in [2.45, 2.75) is 40.0 Å². The summed E-state index contributed by atoms with van der Waals surface area (Å²) in [7, 11) is 1.84. The highest BCUT2D eigenvalue weighted by atomic mass is 16.2. The number of likely N-dealkylation sites (N-methyl/N-ethyl adjacent to an activating group) is 1. The summed E-state index contributed by atoms with van der Waals surface area (Å²) in [6, 6.07) is 13.9. The van der Waals surface area contributed by atoms with Crippen LogP contribution in [0.25, 0.3) is 0 Å². The summed E-state index contributed by atoms with van der Waals surface area (Å²) in [5.41, 5.74) is 4.97. The van der Waals surface area contributed by atoms with Gasteiger partial charge in [0.1, 0.15) is 0 Å². The van der Waals surface area contributed by atoms with Crippen LogP contribution in [-0.2, 0) is 9.59 Å². The van der Waals surface area contributed by atoms with E-state index >= 15 is 0 Å². The van der Waals surface area contributed by atoms with Gasteiger partial charge in [0, 0.05) is 11.4 Å². The average molecular weight is 383 g/mol. The van der Waals surface area contributed by atoms with Crippen molar-refractivity contribution in [1.29, 1.82) is 0 Å². The van der Waals surface area contributed by atoms with Crippen LogP contribution in [0.5, 0.6) is 0 Å². The van der Waals surface area contributed by atoms with Crippen molar-refractivity contribution >= 4 is 23.2 Å². The number of para-hydroxylation sites is 1. The maximum absolute atomic E-state index is 12.3. The van der Waals surface area contributed by atoms with Crippen LogP contribution in [0.15, 0.2) is 42.5 Å². The normalized spacial score (nSPS) is 12.9. The summed E-state index contributed by atoms with van der Waals surface area (Å²) in [6.45, 7) is 8.75. The molecule has 0 fully saturated rings. The molecule has 150 valence electrons. The molecule has 5 nitrogen and oxygen atoms in total. The lowest BCUT2D eigenvalue weighted by Crippen LogP contribution is -3.11. The van der Waals surface area contributed by atoms with Gasteiger partial charge in [-0.1, -0.05) is 44.2 Å². The first kappa shape index (κ1) is 21.6. The van der Waals surface area contributed by atoms with Crippen LogP contribution >= 0.6 is 0 Å². The van der Waals surface area contributed by atoms with E-state index in [-0.39, 0.29) is 24.9 Å². The number of amides is 2. The van der Waals surface area contributed by atoms with Gasteiger partial charge in [0.2, 0.25) is 0 Å². The largest absolute Gasteiger partial charge is 0.322 e. The number of anilines is 2. The first-order valence-electron chi connectivity index (χ1n) is 9.87. The molecule has 0 aliphatic heterocycles. The van der Waals surface area contributed by atoms with Gasteiger partial charge in [0.05, 0.1) is 7.05 Å². The molecule has 1 unspecified atom stereocenters. The van der Waals surface area contributed by atoms with E-state index in [0.29, 0.717) is 5.92 Å². The number of hydrogen-bond donors (Lipinski definition) is 3. The standard InChI is InChI=1S/C23H31N3O2/c1-6-16(2)19-10-12-20(13-11-19)24-21(27)14-26(5)15-22(28)25-23-17(3)8-7-9-18(23)4/h7-13,16H,6,14-15H2,1-5H3,(H,24,27)(H,25,28)/p+1/t16-/m1/s1. The summed E-state index contributed by atoms with van der Waals surface area (Å²) < 4.78 is 0. The van der Waals surface area contributed by atoms with Crippen molar-refractivity contribution < 1.29 is 14.5 Å². The first-order chi connectivity index (χ1) is 13.3. The lowest BCUT2D eigenvalue weighted by atomic mass is 9.99. The Labute approximate surface area is 168 Å². The number of aryl methyl sites for hydroxylation is 2. The Morgan fingerprint density at radius 2 is 1.46 bits per heavy atom. The van der Waals surface area contributed by atoms with Gasteiger partial charge < -0.3 is 15.5 Å². The van der Waals surface area contributed by atoms with E-state index in [4.69, 9.17) is 0 Å². The van der Waals surface area contributed by atoms with Gasteiger partial charge in [-0.25, -0.2) is 0 Å². The van der Waals surface area contributed by atoms with Crippen LogP contribution in [-0.4, -0.2) is 32.0 Å². The SMILES string of the molecule is CC[C@@H](C)c1ccc(NC(=O)C[NH+](C)CC(=O)Nc2c(C)cccc2C)cc1. The molecule has 2 aromatic rings. The predicted octanol–water partition coefficient (Wildman–Crippen LogP) is 2.91. The number of carbonyl (C=O) groups is 2. The van der Waals surface area contributed by atoms with E-state index < -0.39 is 0 Å². The van der Waals surface area contributed by atoms with Crippen molar-refractivity contribution in [1.82, 2.24) is 0 Å². The molecule has 3 N–H and O–H groups in total. The molecule has 0 bridgehead atoms. The molecule has 0 spiro atoms. The van der Waals surface area contributed by atoms with E-state index in [1.165, 1.54) is 5.56 Å². The van der Waals surface area contributed by atoms with Crippen molar-refractivity contribution in [2.24, 2.45) is 0 Å². The molecule has 2 aromatic carbocycles. The quantitative estimate of drug-likeness (QED) is 0.657. The minimum absolute atomic E-state index is 0.0967. The topological polar surface area (TPSA) is 62.6 Å². The van der Waals surface area contributed by atoms with Crippen LogP contribution < -0.4 is 15.5 Å². The average Bonchev–Trinajstić information content (AvgIpc) is 2.64. The fraction of sp³-hybridized carbons (Fsp3) is 0.391. The molecule has 0 radical (unpaired) electrons. The minimum atomic E-state index is -0.103. The molecule has 0 heterocycles. The summed E-state index contributed by atoms with van der Waals surface area (Å²) in [4.78, 5) is 25.4. The van der Waals surface area contributed by atoms with Crippen LogP contribution in [0, 0.1) is 13.8 Å². The Kier molecular flexibility index (Phi) is 7.76. The van der Waals surface area contributed by atoms with Crippen LogP contribution in [0.1, 0.15) is 42.9 Å².